The molecule has 0 aliphatic carbocycles. The van der Waals surface area contributed by atoms with Crippen LogP contribution in [0.4, 0.5) is 15.9 Å². The van der Waals surface area contributed by atoms with Gasteiger partial charge in [-0.15, -0.1) is 0 Å². The van der Waals surface area contributed by atoms with E-state index in [0.29, 0.717) is 12.1 Å². The second-order valence-corrected chi connectivity index (χ2v) is 8.76. The van der Waals surface area contributed by atoms with Gasteiger partial charge in [0.15, 0.2) is 5.69 Å². The van der Waals surface area contributed by atoms with Gasteiger partial charge in [0, 0.05) is 18.3 Å². The SMILES string of the molecule is CC(C)NS(=O)(=O)CCCNc1nonc1C(=NO)Nc1ccc(F)c(Br)c1. The maximum atomic E-state index is 13.3. The summed E-state index contributed by atoms with van der Waals surface area (Å²) >= 11 is 3.06. The molecule has 0 amide bonds. The van der Waals surface area contributed by atoms with Crippen molar-refractivity contribution in [2.24, 2.45) is 5.16 Å². The molecule has 0 unspecified atom stereocenters. The number of rotatable bonds is 9. The number of hydrogen-bond donors (Lipinski definition) is 4. The first-order valence-corrected chi connectivity index (χ1v) is 10.7. The fraction of sp³-hybridized carbons (Fsp3) is 0.400. The highest BCUT2D eigenvalue weighted by Crippen LogP contribution is 2.21. The average molecular weight is 479 g/mol. The summed E-state index contributed by atoms with van der Waals surface area (Å²) < 4.78 is 44.3. The summed E-state index contributed by atoms with van der Waals surface area (Å²) in [7, 11) is -3.36. The van der Waals surface area contributed by atoms with Gasteiger partial charge in [0.05, 0.1) is 10.2 Å². The van der Waals surface area contributed by atoms with E-state index in [9.17, 15) is 18.0 Å². The van der Waals surface area contributed by atoms with Crippen molar-refractivity contribution >= 4 is 43.3 Å². The minimum Gasteiger partial charge on any atom is -0.409 e. The van der Waals surface area contributed by atoms with Gasteiger partial charge in [-0.05, 0) is 64.7 Å². The summed E-state index contributed by atoms with van der Waals surface area (Å²) in [4.78, 5) is 0. The number of nitrogens with one attached hydrogen (secondary N) is 3. The molecule has 0 fully saturated rings. The summed E-state index contributed by atoms with van der Waals surface area (Å²) in [6, 6.07) is 3.95. The van der Waals surface area contributed by atoms with Gasteiger partial charge in [-0.1, -0.05) is 5.16 Å². The van der Waals surface area contributed by atoms with Crippen LogP contribution in [0.25, 0.3) is 0 Å². The molecule has 2 rings (SSSR count). The normalized spacial score (nSPS) is 12.4. The van der Waals surface area contributed by atoms with Crippen molar-refractivity contribution in [1.29, 1.82) is 0 Å². The van der Waals surface area contributed by atoms with Crippen molar-refractivity contribution in [3.8, 4) is 0 Å². The molecule has 0 radical (unpaired) electrons. The lowest BCUT2D eigenvalue weighted by Crippen LogP contribution is -2.32. The summed E-state index contributed by atoms with van der Waals surface area (Å²) in [5, 5.41) is 25.4. The Morgan fingerprint density at radius 1 is 1.39 bits per heavy atom. The predicted molar refractivity (Wildman–Crippen MR) is 106 cm³/mol. The van der Waals surface area contributed by atoms with E-state index in [-0.39, 0.29) is 40.2 Å². The van der Waals surface area contributed by atoms with E-state index in [0.717, 1.165) is 0 Å². The van der Waals surface area contributed by atoms with E-state index >= 15 is 0 Å². The molecule has 154 valence electrons. The lowest BCUT2D eigenvalue weighted by atomic mass is 10.3. The highest BCUT2D eigenvalue weighted by Gasteiger charge is 2.18. The first-order chi connectivity index (χ1) is 13.2. The molecule has 2 aromatic rings. The van der Waals surface area contributed by atoms with Crippen molar-refractivity contribution in [3.63, 3.8) is 0 Å². The molecule has 0 spiro atoms. The first kappa shape index (κ1) is 22.0. The average Bonchev–Trinajstić information content (AvgIpc) is 3.07. The Morgan fingerprint density at radius 3 is 2.79 bits per heavy atom. The minimum atomic E-state index is -3.36. The molecule has 0 atom stereocenters. The molecule has 0 saturated carbocycles. The lowest BCUT2D eigenvalue weighted by Gasteiger charge is -2.10. The maximum Gasteiger partial charge on any atom is 0.211 e. The first-order valence-electron chi connectivity index (χ1n) is 8.23. The molecule has 0 aliphatic rings. The number of amidine groups is 1. The number of oxime groups is 1. The summed E-state index contributed by atoms with van der Waals surface area (Å²) in [5.41, 5.74) is 0.506. The van der Waals surface area contributed by atoms with E-state index in [4.69, 9.17) is 0 Å². The third-order valence-corrected chi connectivity index (χ3v) is 5.56. The van der Waals surface area contributed by atoms with E-state index in [1.54, 1.807) is 13.8 Å². The zero-order valence-corrected chi connectivity index (χ0v) is 17.5. The molecule has 13 heteroatoms. The van der Waals surface area contributed by atoms with Crippen molar-refractivity contribution in [1.82, 2.24) is 15.0 Å². The van der Waals surface area contributed by atoms with E-state index in [1.807, 2.05) is 0 Å². The maximum absolute atomic E-state index is 13.3. The van der Waals surface area contributed by atoms with Gasteiger partial charge in [0.25, 0.3) is 0 Å². The van der Waals surface area contributed by atoms with E-state index in [1.165, 1.54) is 18.2 Å². The van der Waals surface area contributed by atoms with Crippen LogP contribution < -0.4 is 15.4 Å². The van der Waals surface area contributed by atoms with E-state index in [2.05, 4.69) is 51.4 Å². The van der Waals surface area contributed by atoms with Crippen LogP contribution in [-0.4, -0.2) is 48.1 Å². The van der Waals surface area contributed by atoms with Crippen LogP contribution in [-0.2, 0) is 10.0 Å². The van der Waals surface area contributed by atoms with Crippen molar-refractivity contribution in [3.05, 3.63) is 34.2 Å². The van der Waals surface area contributed by atoms with Crippen molar-refractivity contribution in [2.45, 2.75) is 26.3 Å². The van der Waals surface area contributed by atoms with Crippen LogP contribution in [0.15, 0.2) is 32.5 Å². The second kappa shape index (κ2) is 9.80. The standard InChI is InChI=1S/C15H20BrFN6O4S/c1-9(2)23-28(25,26)7-3-6-18-14-13(21-27-22-14)15(20-24)19-10-4-5-12(17)11(16)8-10/h4-5,8-9,23-24H,3,6-7H2,1-2H3,(H,18,22)(H,19,20). The fourth-order valence-corrected chi connectivity index (χ4v) is 3.93. The van der Waals surface area contributed by atoms with Crippen LogP contribution >= 0.6 is 15.9 Å². The predicted octanol–water partition coefficient (Wildman–Crippen LogP) is 2.35. The molecule has 10 nitrogen and oxygen atoms in total. The van der Waals surface area contributed by atoms with Gasteiger partial charge >= 0.3 is 0 Å². The molecular formula is C15H20BrFN6O4S. The van der Waals surface area contributed by atoms with Crippen molar-refractivity contribution < 1.29 is 22.6 Å². The topological polar surface area (TPSA) is 142 Å². The summed E-state index contributed by atoms with van der Waals surface area (Å²) in [6.45, 7) is 3.75. The third kappa shape index (κ3) is 6.42. The number of hydrogen-bond acceptors (Lipinski definition) is 8. The Balaban J connectivity index is 1.98. The van der Waals surface area contributed by atoms with Gasteiger partial charge in [-0.25, -0.2) is 22.2 Å². The largest absolute Gasteiger partial charge is 0.409 e. The van der Waals surface area contributed by atoms with E-state index < -0.39 is 15.8 Å². The molecule has 4 N–H and O–H groups in total. The Morgan fingerprint density at radius 2 is 2.14 bits per heavy atom. The number of aromatic nitrogens is 2. The Labute approximate surface area is 169 Å². The van der Waals surface area contributed by atoms with Gasteiger partial charge in [-0.3, -0.25) is 0 Å². The van der Waals surface area contributed by atoms with Crippen molar-refractivity contribution in [2.75, 3.05) is 22.9 Å². The Bertz CT molecular complexity index is 934. The lowest BCUT2D eigenvalue weighted by molar-refractivity contribution is 0.305. The number of sulfonamides is 1. The number of benzene rings is 1. The third-order valence-electron chi connectivity index (χ3n) is 3.29. The van der Waals surface area contributed by atoms with Gasteiger partial charge in [0.1, 0.15) is 5.82 Å². The summed E-state index contributed by atoms with van der Waals surface area (Å²) in [6.07, 6.45) is 0.304. The summed E-state index contributed by atoms with van der Waals surface area (Å²) in [5.74, 6) is -0.436. The molecule has 28 heavy (non-hydrogen) atoms. The Hall–Kier alpha value is -2.25. The smallest absolute Gasteiger partial charge is 0.211 e. The van der Waals surface area contributed by atoms with Gasteiger partial charge in [0.2, 0.25) is 21.7 Å². The van der Waals surface area contributed by atoms with Gasteiger partial charge in [-0.2, -0.15) is 0 Å². The molecule has 0 saturated heterocycles. The van der Waals surface area contributed by atoms with Crippen LogP contribution in [0.3, 0.4) is 0 Å². The zero-order valence-electron chi connectivity index (χ0n) is 15.1. The second-order valence-electron chi connectivity index (χ2n) is 6.04. The number of halogens is 2. The Kier molecular flexibility index (Phi) is 7.71. The number of nitrogens with zero attached hydrogens (tertiary/aromatic N) is 3. The van der Waals surface area contributed by atoms with Crippen LogP contribution in [0, 0.1) is 5.82 Å². The van der Waals surface area contributed by atoms with Crippen LogP contribution in [0.2, 0.25) is 0 Å². The van der Waals surface area contributed by atoms with Crippen LogP contribution in [0.5, 0.6) is 0 Å². The van der Waals surface area contributed by atoms with Crippen LogP contribution in [0.1, 0.15) is 26.0 Å². The molecular weight excluding hydrogens is 459 g/mol. The monoisotopic (exact) mass is 478 g/mol. The van der Waals surface area contributed by atoms with Gasteiger partial charge < -0.3 is 15.8 Å². The fourth-order valence-electron chi connectivity index (χ4n) is 2.19. The highest BCUT2D eigenvalue weighted by molar-refractivity contribution is 9.10. The quantitative estimate of drug-likeness (QED) is 0.141. The zero-order chi connectivity index (χ0) is 20.7. The highest BCUT2D eigenvalue weighted by atomic mass is 79.9. The number of anilines is 2. The molecule has 1 aromatic heterocycles. The molecule has 1 heterocycles. The molecule has 0 bridgehead atoms. The minimum absolute atomic E-state index is 0.0679. The molecule has 1 aromatic carbocycles. The molecule has 0 aliphatic heterocycles.